The Labute approximate surface area is 148 Å². The summed E-state index contributed by atoms with van der Waals surface area (Å²) in [6.45, 7) is 3.72. The number of nitrogens with zero attached hydrogens (tertiary/aromatic N) is 4. The third kappa shape index (κ3) is 4.37. The number of thioether (sulfide) groups is 1. The SMILES string of the molecule is Nc1nnc(SCC(=O)N2CCC[C@@H](C(=O)N3CCOCC3)C2)s1. The molecule has 2 aliphatic rings. The van der Waals surface area contributed by atoms with E-state index >= 15 is 0 Å². The van der Waals surface area contributed by atoms with E-state index in [1.807, 2.05) is 4.90 Å². The molecule has 1 aromatic heterocycles. The predicted octanol–water partition coefficient (Wildman–Crippen LogP) is 0.310. The summed E-state index contributed by atoms with van der Waals surface area (Å²) in [7, 11) is 0. The lowest BCUT2D eigenvalue weighted by Gasteiger charge is -2.36. The van der Waals surface area contributed by atoms with E-state index < -0.39 is 0 Å². The fourth-order valence-corrected chi connectivity index (χ4v) is 4.48. The monoisotopic (exact) mass is 371 g/mol. The Morgan fingerprint density at radius 2 is 2.04 bits per heavy atom. The van der Waals surface area contributed by atoms with Crippen molar-refractivity contribution < 1.29 is 14.3 Å². The van der Waals surface area contributed by atoms with Crippen molar-refractivity contribution in [3.63, 3.8) is 0 Å². The van der Waals surface area contributed by atoms with Crippen LogP contribution < -0.4 is 5.73 Å². The molecule has 3 rings (SSSR count). The number of nitrogens with two attached hydrogens (primary N) is 1. The summed E-state index contributed by atoms with van der Waals surface area (Å²) in [6, 6.07) is 0. The van der Waals surface area contributed by atoms with Gasteiger partial charge >= 0.3 is 0 Å². The van der Waals surface area contributed by atoms with Gasteiger partial charge in [0.25, 0.3) is 0 Å². The zero-order chi connectivity index (χ0) is 16.9. The van der Waals surface area contributed by atoms with Gasteiger partial charge in [-0.2, -0.15) is 0 Å². The van der Waals surface area contributed by atoms with Crippen molar-refractivity contribution in [2.75, 3.05) is 50.9 Å². The van der Waals surface area contributed by atoms with Crippen molar-refractivity contribution >= 4 is 40.0 Å². The summed E-state index contributed by atoms with van der Waals surface area (Å²) < 4.78 is 5.99. The molecule has 0 aliphatic carbocycles. The Balaban J connectivity index is 1.50. The molecule has 0 saturated carbocycles. The van der Waals surface area contributed by atoms with E-state index in [1.165, 1.54) is 23.1 Å². The Hall–Kier alpha value is -1.39. The van der Waals surface area contributed by atoms with Gasteiger partial charge in [-0.3, -0.25) is 9.59 Å². The molecular formula is C14H21N5O3S2. The predicted molar refractivity (Wildman–Crippen MR) is 91.7 cm³/mol. The molecule has 0 unspecified atom stereocenters. The van der Waals surface area contributed by atoms with Gasteiger partial charge in [-0.05, 0) is 12.8 Å². The van der Waals surface area contributed by atoms with E-state index in [0.29, 0.717) is 54.6 Å². The van der Waals surface area contributed by atoms with Gasteiger partial charge in [0.15, 0.2) is 4.34 Å². The van der Waals surface area contributed by atoms with E-state index in [4.69, 9.17) is 10.5 Å². The van der Waals surface area contributed by atoms with Gasteiger partial charge in [-0.25, -0.2) is 0 Å². The first-order valence-corrected chi connectivity index (χ1v) is 9.80. The van der Waals surface area contributed by atoms with Gasteiger partial charge < -0.3 is 20.3 Å². The fraction of sp³-hybridized carbons (Fsp3) is 0.714. The summed E-state index contributed by atoms with van der Waals surface area (Å²) in [5.74, 6) is 0.393. The van der Waals surface area contributed by atoms with Crippen LogP contribution in [0.1, 0.15) is 12.8 Å². The van der Waals surface area contributed by atoms with Crippen LogP contribution >= 0.6 is 23.1 Å². The van der Waals surface area contributed by atoms with Crippen LogP contribution in [-0.4, -0.2) is 77.0 Å². The van der Waals surface area contributed by atoms with Crippen LogP contribution in [-0.2, 0) is 14.3 Å². The zero-order valence-corrected chi connectivity index (χ0v) is 15.0. The molecule has 2 fully saturated rings. The molecule has 0 radical (unpaired) electrons. The van der Waals surface area contributed by atoms with E-state index in [-0.39, 0.29) is 17.7 Å². The number of piperidine rings is 1. The van der Waals surface area contributed by atoms with Gasteiger partial charge in [-0.1, -0.05) is 23.1 Å². The van der Waals surface area contributed by atoms with E-state index in [9.17, 15) is 9.59 Å². The summed E-state index contributed by atoms with van der Waals surface area (Å²) in [4.78, 5) is 28.7. The first-order chi connectivity index (χ1) is 11.6. The number of hydrogen-bond acceptors (Lipinski definition) is 8. The Morgan fingerprint density at radius 1 is 1.25 bits per heavy atom. The van der Waals surface area contributed by atoms with Crippen molar-refractivity contribution in [2.45, 2.75) is 17.2 Å². The molecule has 132 valence electrons. The lowest BCUT2D eigenvalue weighted by atomic mass is 9.96. The van der Waals surface area contributed by atoms with E-state index in [0.717, 1.165) is 12.8 Å². The summed E-state index contributed by atoms with van der Waals surface area (Å²) in [6.07, 6.45) is 1.71. The molecule has 2 N–H and O–H groups in total. The number of amides is 2. The normalized spacial score (nSPS) is 21.8. The third-order valence-corrected chi connectivity index (χ3v) is 6.06. The highest BCUT2D eigenvalue weighted by atomic mass is 32.2. The molecule has 8 nitrogen and oxygen atoms in total. The molecular weight excluding hydrogens is 350 g/mol. The largest absolute Gasteiger partial charge is 0.378 e. The van der Waals surface area contributed by atoms with Gasteiger partial charge in [-0.15, -0.1) is 10.2 Å². The van der Waals surface area contributed by atoms with Gasteiger partial charge in [0.05, 0.1) is 24.9 Å². The lowest BCUT2D eigenvalue weighted by molar-refractivity contribution is -0.143. The molecule has 10 heteroatoms. The lowest BCUT2D eigenvalue weighted by Crippen LogP contribution is -2.49. The molecule has 0 spiro atoms. The van der Waals surface area contributed by atoms with Crippen molar-refractivity contribution in [3.05, 3.63) is 0 Å². The summed E-state index contributed by atoms with van der Waals surface area (Å²) in [5, 5.41) is 8.04. The number of hydrogen-bond donors (Lipinski definition) is 1. The average molecular weight is 371 g/mol. The van der Waals surface area contributed by atoms with Gasteiger partial charge in [0.1, 0.15) is 0 Å². The van der Waals surface area contributed by atoms with Crippen molar-refractivity contribution in [1.29, 1.82) is 0 Å². The quantitative estimate of drug-likeness (QED) is 0.760. The standard InChI is InChI=1S/C14H21N5O3S2/c15-13-16-17-14(24-13)23-9-11(20)19-3-1-2-10(8-19)12(21)18-4-6-22-7-5-18/h10H,1-9H2,(H2,15,16)/t10-/m1/s1. The minimum atomic E-state index is -0.0945. The summed E-state index contributed by atoms with van der Waals surface area (Å²) in [5.41, 5.74) is 5.54. The highest BCUT2D eigenvalue weighted by molar-refractivity contribution is 8.01. The third-order valence-electron chi connectivity index (χ3n) is 4.19. The number of carbonyl (C=O) groups excluding carboxylic acids is 2. The maximum Gasteiger partial charge on any atom is 0.233 e. The first-order valence-electron chi connectivity index (χ1n) is 7.99. The second kappa shape index (κ2) is 8.13. The number of morpholine rings is 1. The minimum absolute atomic E-state index is 0.0354. The zero-order valence-electron chi connectivity index (χ0n) is 13.3. The van der Waals surface area contributed by atoms with Crippen LogP contribution in [0.5, 0.6) is 0 Å². The van der Waals surface area contributed by atoms with E-state index in [2.05, 4.69) is 10.2 Å². The van der Waals surface area contributed by atoms with Crippen LogP contribution in [0.25, 0.3) is 0 Å². The Morgan fingerprint density at radius 3 is 2.75 bits per heavy atom. The number of rotatable bonds is 4. The molecule has 2 saturated heterocycles. The van der Waals surface area contributed by atoms with Gasteiger partial charge in [0.2, 0.25) is 16.9 Å². The molecule has 1 aromatic rings. The molecule has 1 atom stereocenters. The maximum atomic E-state index is 12.6. The van der Waals surface area contributed by atoms with E-state index in [1.54, 1.807) is 4.90 Å². The van der Waals surface area contributed by atoms with Crippen LogP contribution in [0, 0.1) is 5.92 Å². The molecule has 2 amide bonds. The second-order valence-corrected chi connectivity index (χ2v) is 8.04. The van der Waals surface area contributed by atoms with Crippen molar-refractivity contribution in [3.8, 4) is 0 Å². The van der Waals surface area contributed by atoms with Crippen LogP contribution in [0.4, 0.5) is 5.13 Å². The van der Waals surface area contributed by atoms with Gasteiger partial charge in [0, 0.05) is 26.2 Å². The smallest absolute Gasteiger partial charge is 0.233 e. The number of carbonyl (C=O) groups is 2. The number of likely N-dealkylation sites (tertiary alicyclic amines) is 1. The maximum absolute atomic E-state index is 12.6. The fourth-order valence-electron chi connectivity index (χ4n) is 2.94. The molecule has 3 heterocycles. The number of nitrogen functional groups attached to an aromatic ring is 1. The average Bonchev–Trinajstić information content (AvgIpc) is 3.05. The van der Waals surface area contributed by atoms with Crippen LogP contribution in [0.2, 0.25) is 0 Å². The van der Waals surface area contributed by atoms with Crippen LogP contribution in [0.15, 0.2) is 4.34 Å². The van der Waals surface area contributed by atoms with Crippen molar-refractivity contribution in [1.82, 2.24) is 20.0 Å². The Bertz CT molecular complexity index is 591. The highest BCUT2D eigenvalue weighted by Crippen LogP contribution is 2.25. The molecule has 0 aromatic carbocycles. The number of ether oxygens (including phenoxy) is 1. The molecule has 0 bridgehead atoms. The highest BCUT2D eigenvalue weighted by Gasteiger charge is 2.31. The van der Waals surface area contributed by atoms with Crippen molar-refractivity contribution in [2.24, 2.45) is 5.92 Å². The number of aromatic nitrogens is 2. The molecule has 24 heavy (non-hydrogen) atoms. The molecule has 2 aliphatic heterocycles. The van der Waals surface area contributed by atoms with Crippen LogP contribution in [0.3, 0.4) is 0 Å². The topological polar surface area (TPSA) is 102 Å². The first kappa shape index (κ1) is 17.4. The summed E-state index contributed by atoms with van der Waals surface area (Å²) >= 11 is 2.62. The Kier molecular flexibility index (Phi) is 5.90. The minimum Gasteiger partial charge on any atom is -0.378 e. The second-order valence-electron chi connectivity index (χ2n) is 5.81. The number of anilines is 1.